The van der Waals surface area contributed by atoms with Crippen LogP contribution in [0.1, 0.15) is 45.4 Å². The standard InChI is InChI=1S/C37H46N8O3/c1-3-29(38)34(46)7-6-17-39-35(47)8-4-5-22-48-28-13-9-25(10-14-28)36-40-30-15-11-26(23-32(30)42-36)37-41-31-16-12-27(24-33(31)43-37)45-20-18-44(2)19-21-45/h9-16,23-24,29H,3-8,17-22,38H2,1-2H3,(H,39,47)(H,40,42)(H,41,43). The van der Waals surface area contributed by atoms with Crippen LogP contribution in [0.15, 0.2) is 60.7 Å². The van der Waals surface area contributed by atoms with E-state index in [4.69, 9.17) is 20.4 Å². The number of carbonyl (C=O) groups is 2. The molecule has 1 amide bonds. The number of piperazine rings is 1. The van der Waals surface area contributed by atoms with E-state index in [1.807, 2.05) is 37.3 Å². The minimum Gasteiger partial charge on any atom is -0.494 e. The smallest absolute Gasteiger partial charge is 0.219 e. The highest BCUT2D eigenvalue weighted by Crippen LogP contribution is 2.29. The van der Waals surface area contributed by atoms with E-state index in [0.717, 1.165) is 89.6 Å². The number of anilines is 1. The molecule has 11 nitrogen and oxygen atoms in total. The van der Waals surface area contributed by atoms with Gasteiger partial charge >= 0.3 is 0 Å². The van der Waals surface area contributed by atoms with Crippen LogP contribution in [-0.2, 0) is 9.59 Å². The molecule has 0 aliphatic carbocycles. The number of Topliss-reactive ketones (excluding diaryl/α,β-unsaturated/α-hetero) is 1. The van der Waals surface area contributed by atoms with Crippen molar-refractivity contribution >= 4 is 39.4 Å². The average Bonchev–Trinajstić information content (AvgIpc) is 3.74. The number of rotatable bonds is 15. The van der Waals surface area contributed by atoms with Crippen molar-refractivity contribution in [2.45, 2.75) is 51.5 Å². The second kappa shape index (κ2) is 15.4. The van der Waals surface area contributed by atoms with Crippen LogP contribution < -0.4 is 20.7 Å². The summed E-state index contributed by atoms with van der Waals surface area (Å²) in [5.41, 5.74) is 12.8. The predicted molar refractivity (Wildman–Crippen MR) is 191 cm³/mol. The molecule has 11 heteroatoms. The predicted octanol–water partition coefficient (Wildman–Crippen LogP) is 5.28. The highest BCUT2D eigenvalue weighted by molar-refractivity contribution is 5.87. The SMILES string of the molecule is CCC(N)C(=O)CCCNC(=O)CCCCOc1ccc(-c2nc3ccc(-c4nc5ccc(N6CCN(C)CC6)cc5[nH]4)cc3[nH]2)cc1. The summed E-state index contributed by atoms with van der Waals surface area (Å²) in [6.45, 7) is 7.13. The zero-order chi connectivity index (χ0) is 33.5. The summed E-state index contributed by atoms with van der Waals surface area (Å²) in [5, 5.41) is 2.88. The van der Waals surface area contributed by atoms with E-state index >= 15 is 0 Å². The number of nitrogens with two attached hydrogens (primary N) is 1. The van der Waals surface area contributed by atoms with Crippen LogP contribution in [0.3, 0.4) is 0 Å². The Balaban J connectivity index is 0.979. The summed E-state index contributed by atoms with van der Waals surface area (Å²) >= 11 is 0. The van der Waals surface area contributed by atoms with Gasteiger partial charge in [0.1, 0.15) is 23.2 Å². The van der Waals surface area contributed by atoms with Crippen LogP contribution >= 0.6 is 0 Å². The Morgan fingerprint density at radius 2 is 1.52 bits per heavy atom. The largest absolute Gasteiger partial charge is 0.494 e. The number of likely N-dealkylation sites (N-methyl/N-ethyl adjacent to an activating group) is 1. The van der Waals surface area contributed by atoms with Crippen LogP contribution in [0, 0.1) is 0 Å². The molecule has 0 bridgehead atoms. The van der Waals surface area contributed by atoms with Gasteiger partial charge in [0.2, 0.25) is 5.91 Å². The van der Waals surface area contributed by atoms with Gasteiger partial charge in [-0.15, -0.1) is 0 Å². The van der Waals surface area contributed by atoms with Gasteiger partial charge in [-0.2, -0.15) is 0 Å². The van der Waals surface area contributed by atoms with E-state index in [2.05, 4.69) is 62.5 Å². The molecule has 1 aliphatic rings. The quantitative estimate of drug-likeness (QED) is 0.112. The molecule has 1 aliphatic heterocycles. The van der Waals surface area contributed by atoms with E-state index in [1.54, 1.807) is 0 Å². The molecule has 6 rings (SSSR count). The van der Waals surface area contributed by atoms with Crippen LogP contribution in [0.5, 0.6) is 5.75 Å². The summed E-state index contributed by atoms with van der Waals surface area (Å²) in [5.74, 6) is 2.45. The highest BCUT2D eigenvalue weighted by Gasteiger charge is 2.16. The second-order valence-electron chi connectivity index (χ2n) is 12.7. The Bertz CT molecular complexity index is 1840. The zero-order valence-electron chi connectivity index (χ0n) is 27.9. The fourth-order valence-corrected chi connectivity index (χ4v) is 5.97. The highest BCUT2D eigenvalue weighted by atomic mass is 16.5. The topological polar surface area (TPSA) is 145 Å². The molecule has 1 unspecified atom stereocenters. The first-order valence-electron chi connectivity index (χ1n) is 17.1. The van der Waals surface area contributed by atoms with Crippen molar-refractivity contribution in [3.63, 3.8) is 0 Å². The van der Waals surface area contributed by atoms with Gasteiger partial charge in [-0.3, -0.25) is 9.59 Å². The normalized spacial score (nSPS) is 14.4. The summed E-state index contributed by atoms with van der Waals surface area (Å²) in [6, 6.07) is 20.1. The number of nitrogens with zero attached hydrogens (tertiary/aromatic N) is 4. The number of imidazole rings is 2. The molecule has 0 saturated carbocycles. The van der Waals surface area contributed by atoms with Crippen molar-refractivity contribution in [2.24, 2.45) is 5.73 Å². The molecule has 3 heterocycles. The Morgan fingerprint density at radius 1 is 0.854 bits per heavy atom. The third kappa shape index (κ3) is 8.21. The van der Waals surface area contributed by atoms with E-state index in [-0.39, 0.29) is 11.7 Å². The van der Waals surface area contributed by atoms with Crippen molar-refractivity contribution in [2.75, 3.05) is 51.3 Å². The van der Waals surface area contributed by atoms with E-state index in [0.29, 0.717) is 38.8 Å². The van der Waals surface area contributed by atoms with Crippen molar-refractivity contribution in [3.8, 4) is 28.5 Å². The van der Waals surface area contributed by atoms with Gasteiger partial charge in [0.15, 0.2) is 0 Å². The number of amides is 1. The molecule has 1 fully saturated rings. The Labute approximate surface area is 281 Å². The maximum absolute atomic E-state index is 12.1. The number of fused-ring (bicyclic) bond motifs is 2. The number of ether oxygens (including phenoxy) is 1. The number of ketones is 1. The van der Waals surface area contributed by atoms with Crippen molar-refractivity contribution in [1.29, 1.82) is 0 Å². The molecule has 1 saturated heterocycles. The van der Waals surface area contributed by atoms with Crippen molar-refractivity contribution in [1.82, 2.24) is 30.2 Å². The number of hydrogen-bond donors (Lipinski definition) is 4. The number of aromatic nitrogens is 4. The van der Waals surface area contributed by atoms with E-state index in [9.17, 15) is 9.59 Å². The molecular formula is C37H46N8O3. The van der Waals surface area contributed by atoms with E-state index < -0.39 is 6.04 Å². The lowest BCUT2D eigenvalue weighted by Gasteiger charge is -2.34. The minimum absolute atomic E-state index is 0.00237. The molecule has 252 valence electrons. The monoisotopic (exact) mass is 650 g/mol. The Morgan fingerprint density at radius 3 is 2.25 bits per heavy atom. The van der Waals surface area contributed by atoms with Crippen molar-refractivity contribution < 1.29 is 14.3 Å². The number of nitrogens with one attached hydrogen (secondary N) is 3. The summed E-state index contributed by atoms with van der Waals surface area (Å²) < 4.78 is 5.90. The van der Waals surface area contributed by atoms with Crippen LogP contribution in [0.4, 0.5) is 5.69 Å². The van der Waals surface area contributed by atoms with Gasteiger partial charge in [-0.1, -0.05) is 6.92 Å². The first-order valence-corrected chi connectivity index (χ1v) is 17.1. The molecule has 48 heavy (non-hydrogen) atoms. The van der Waals surface area contributed by atoms with Crippen molar-refractivity contribution in [3.05, 3.63) is 60.7 Å². The number of hydrogen-bond acceptors (Lipinski definition) is 8. The molecule has 0 spiro atoms. The van der Waals surface area contributed by atoms with Gasteiger partial charge in [0.05, 0.1) is 34.7 Å². The summed E-state index contributed by atoms with van der Waals surface area (Å²) in [6.07, 6.45) is 3.61. The summed E-state index contributed by atoms with van der Waals surface area (Å²) in [7, 11) is 2.17. The molecule has 5 N–H and O–H groups in total. The first-order chi connectivity index (χ1) is 23.4. The number of unbranched alkanes of at least 4 members (excludes halogenated alkanes) is 1. The van der Waals surface area contributed by atoms with Gasteiger partial charge in [0.25, 0.3) is 0 Å². The van der Waals surface area contributed by atoms with Gasteiger partial charge < -0.3 is 35.6 Å². The van der Waals surface area contributed by atoms with E-state index in [1.165, 1.54) is 5.69 Å². The molecule has 3 aromatic carbocycles. The third-order valence-electron chi connectivity index (χ3n) is 9.06. The number of carbonyl (C=O) groups excluding carboxylic acids is 2. The molecule has 0 radical (unpaired) electrons. The van der Waals surface area contributed by atoms with Crippen LogP contribution in [0.25, 0.3) is 44.8 Å². The fourth-order valence-electron chi connectivity index (χ4n) is 5.97. The Kier molecular flexibility index (Phi) is 10.7. The number of benzene rings is 3. The van der Waals surface area contributed by atoms with Crippen LogP contribution in [0.2, 0.25) is 0 Å². The maximum atomic E-state index is 12.1. The zero-order valence-corrected chi connectivity index (χ0v) is 27.9. The van der Waals surface area contributed by atoms with Gasteiger partial charge in [0, 0.05) is 62.4 Å². The lowest BCUT2D eigenvalue weighted by Crippen LogP contribution is -2.44. The molecule has 5 aromatic rings. The minimum atomic E-state index is -0.395. The molecule has 2 aromatic heterocycles. The number of aromatic amines is 2. The maximum Gasteiger partial charge on any atom is 0.219 e. The molecule has 1 atom stereocenters. The third-order valence-corrected chi connectivity index (χ3v) is 9.06. The lowest BCUT2D eigenvalue weighted by molar-refractivity contribution is -0.122. The first kappa shape index (κ1) is 33.2. The van der Waals surface area contributed by atoms with Gasteiger partial charge in [-0.25, -0.2) is 9.97 Å². The number of H-pyrrole nitrogens is 2. The second-order valence-corrected chi connectivity index (χ2v) is 12.7. The Hall–Kier alpha value is -4.74. The lowest BCUT2D eigenvalue weighted by atomic mass is 10.1. The summed E-state index contributed by atoms with van der Waals surface area (Å²) in [4.78, 5) is 45.3. The molecular weight excluding hydrogens is 604 g/mol. The average molecular weight is 651 g/mol. The fraction of sp³-hybridized carbons (Fsp3) is 0.405. The van der Waals surface area contributed by atoms with Gasteiger partial charge in [-0.05, 0) is 93.4 Å². The van der Waals surface area contributed by atoms with Crippen LogP contribution in [-0.4, -0.2) is 88.9 Å².